The predicted molar refractivity (Wildman–Crippen MR) is 86.5 cm³/mol. The Hall–Kier alpha value is -2.26. The molecule has 3 N–H and O–H groups in total. The van der Waals surface area contributed by atoms with Crippen LogP contribution in [0.1, 0.15) is 22.4 Å². The summed E-state index contributed by atoms with van der Waals surface area (Å²) in [5.74, 6) is 0.302. The van der Waals surface area contributed by atoms with E-state index in [9.17, 15) is 5.11 Å². The minimum absolute atomic E-state index is 0.302. The molecule has 0 amide bonds. The summed E-state index contributed by atoms with van der Waals surface area (Å²) in [5.41, 5.74) is 11.9. The first-order valence-corrected chi connectivity index (χ1v) is 7.16. The largest absolute Gasteiger partial charge is 0.508 e. The van der Waals surface area contributed by atoms with E-state index in [4.69, 9.17) is 5.73 Å². The van der Waals surface area contributed by atoms with Crippen molar-refractivity contribution in [3.8, 4) is 5.75 Å². The Bertz CT molecular complexity index is 785. The summed E-state index contributed by atoms with van der Waals surface area (Å²) in [6.07, 6.45) is 0. The van der Waals surface area contributed by atoms with Crippen molar-refractivity contribution >= 4 is 10.9 Å². The molecule has 0 saturated carbocycles. The van der Waals surface area contributed by atoms with E-state index in [1.54, 1.807) is 12.1 Å². The van der Waals surface area contributed by atoms with Crippen LogP contribution in [-0.2, 0) is 13.1 Å². The van der Waals surface area contributed by atoms with E-state index in [-0.39, 0.29) is 0 Å². The highest BCUT2D eigenvalue weighted by molar-refractivity contribution is 5.86. The van der Waals surface area contributed by atoms with Gasteiger partial charge in [-0.15, -0.1) is 0 Å². The van der Waals surface area contributed by atoms with Gasteiger partial charge in [-0.05, 0) is 54.8 Å². The van der Waals surface area contributed by atoms with Gasteiger partial charge in [0.05, 0.1) is 0 Å². The van der Waals surface area contributed by atoms with Crippen LogP contribution in [0.2, 0.25) is 0 Å². The second-order valence-electron chi connectivity index (χ2n) is 5.52. The van der Waals surface area contributed by atoms with Crippen molar-refractivity contribution in [3.05, 3.63) is 64.8 Å². The van der Waals surface area contributed by atoms with Crippen LogP contribution in [0, 0.1) is 13.8 Å². The summed E-state index contributed by atoms with van der Waals surface area (Å²) >= 11 is 0. The van der Waals surface area contributed by atoms with Crippen LogP contribution in [-0.4, -0.2) is 9.67 Å². The standard InChI is InChI=1S/C18H20N2O/c1-12-13(2)20(11-14-3-6-16(21)7-4-14)18-8-5-15(10-19)9-17(12)18/h3-9,21H,10-11,19H2,1-2H3. The number of aryl methyl sites for hydroxylation is 1. The summed E-state index contributed by atoms with van der Waals surface area (Å²) < 4.78 is 2.32. The molecule has 3 aromatic rings. The first-order chi connectivity index (χ1) is 10.1. The fourth-order valence-corrected chi connectivity index (χ4v) is 2.81. The van der Waals surface area contributed by atoms with Crippen molar-refractivity contribution in [1.29, 1.82) is 0 Å². The maximum Gasteiger partial charge on any atom is 0.115 e. The Morgan fingerprint density at radius 3 is 2.33 bits per heavy atom. The summed E-state index contributed by atoms with van der Waals surface area (Å²) in [7, 11) is 0. The molecule has 0 saturated heterocycles. The number of rotatable bonds is 3. The van der Waals surface area contributed by atoms with Crippen LogP contribution in [0.3, 0.4) is 0 Å². The molecule has 3 nitrogen and oxygen atoms in total. The van der Waals surface area contributed by atoms with Crippen LogP contribution in [0.15, 0.2) is 42.5 Å². The molecule has 0 aliphatic rings. The average Bonchev–Trinajstić information content (AvgIpc) is 2.74. The maximum atomic E-state index is 9.39. The second kappa shape index (κ2) is 5.26. The van der Waals surface area contributed by atoms with Gasteiger partial charge in [-0.2, -0.15) is 0 Å². The number of hydrogen-bond acceptors (Lipinski definition) is 2. The van der Waals surface area contributed by atoms with Crippen molar-refractivity contribution in [2.75, 3.05) is 0 Å². The number of aromatic nitrogens is 1. The molecule has 0 bridgehead atoms. The van der Waals surface area contributed by atoms with Gasteiger partial charge >= 0.3 is 0 Å². The molecule has 1 heterocycles. The lowest BCUT2D eigenvalue weighted by Gasteiger charge is -2.09. The molecule has 0 spiro atoms. The molecule has 0 aliphatic heterocycles. The molecular formula is C18H20N2O. The van der Waals surface area contributed by atoms with Gasteiger partial charge in [0.15, 0.2) is 0 Å². The van der Waals surface area contributed by atoms with Crippen molar-refractivity contribution < 1.29 is 5.11 Å². The number of nitrogens with zero attached hydrogens (tertiary/aromatic N) is 1. The first kappa shape index (κ1) is 13.7. The highest BCUT2D eigenvalue weighted by atomic mass is 16.3. The number of aromatic hydroxyl groups is 1. The van der Waals surface area contributed by atoms with Gasteiger partial charge in [0.25, 0.3) is 0 Å². The van der Waals surface area contributed by atoms with Gasteiger partial charge in [-0.25, -0.2) is 0 Å². The zero-order chi connectivity index (χ0) is 15.0. The Morgan fingerprint density at radius 1 is 1.00 bits per heavy atom. The third-order valence-corrected chi connectivity index (χ3v) is 4.22. The highest BCUT2D eigenvalue weighted by Crippen LogP contribution is 2.27. The van der Waals surface area contributed by atoms with E-state index in [0.717, 1.165) is 12.1 Å². The highest BCUT2D eigenvalue weighted by Gasteiger charge is 2.11. The molecule has 0 fully saturated rings. The number of nitrogens with two attached hydrogens (primary N) is 1. The topological polar surface area (TPSA) is 51.2 Å². The van der Waals surface area contributed by atoms with Gasteiger partial charge in [-0.1, -0.05) is 18.2 Å². The minimum Gasteiger partial charge on any atom is -0.508 e. The molecule has 21 heavy (non-hydrogen) atoms. The molecular weight excluding hydrogens is 260 g/mol. The Kier molecular flexibility index (Phi) is 3.43. The van der Waals surface area contributed by atoms with Gasteiger partial charge in [0.2, 0.25) is 0 Å². The number of phenolic OH excluding ortho intramolecular Hbond substituents is 1. The number of phenols is 1. The molecule has 108 valence electrons. The summed E-state index contributed by atoms with van der Waals surface area (Å²) in [6, 6.07) is 13.8. The van der Waals surface area contributed by atoms with Gasteiger partial charge < -0.3 is 15.4 Å². The third-order valence-electron chi connectivity index (χ3n) is 4.22. The number of hydrogen-bond donors (Lipinski definition) is 2. The maximum absolute atomic E-state index is 9.39. The second-order valence-corrected chi connectivity index (χ2v) is 5.52. The molecule has 0 unspecified atom stereocenters. The van der Waals surface area contributed by atoms with Crippen LogP contribution in [0.4, 0.5) is 0 Å². The van der Waals surface area contributed by atoms with Gasteiger partial charge in [-0.3, -0.25) is 0 Å². The molecule has 0 aliphatic carbocycles. The van der Waals surface area contributed by atoms with Crippen LogP contribution < -0.4 is 5.73 Å². The lowest BCUT2D eigenvalue weighted by Crippen LogP contribution is -2.02. The van der Waals surface area contributed by atoms with Crippen LogP contribution in [0.5, 0.6) is 5.75 Å². The molecule has 0 atom stereocenters. The Morgan fingerprint density at radius 2 is 1.67 bits per heavy atom. The third kappa shape index (κ3) is 2.41. The van der Waals surface area contributed by atoms with E-state index in [1.165, 1.54) is 27.7 Å². The Balaban J connectivity index is 2.09. The van der Waals surface area contributed by atoms with E-state index >= 15 is 0 Å². The van der Waals surface area contributed by atoms with E-state index in [0.29, 0.717) is 12.3 Å². The lowest BCUT2D eigenvalue weighted by atomic mass is 10.1. The quantitative estimate of drug-likeness (QED) is 0.772. The van der Waals surface area contributed by atoms with Crippen LogP contribution in [0.25, 0.3) is 10.9 Å². The van der Waals surface area contributed by atoms with E-state index < -0.39 is 0 Å². The molecule has 3 heteroatoms. The van der Waals surface area contributed by atoms with Crippen LogP contribution >= 0.6 is 0 Å². The monoisotopic (exact) mass is 280 g/mol. The zero-order valence-corrected chi connectivity index (χ0v) is 12.4. The zero-order valence-electron chi connectivity index (χ0n) is 12.4. The molecule has 1 aromatic heterocycles. The molecule has 2 aromatic carbocycles. The first-order valence-electron chi connectivity index (χ1n) is 7.16. The number of benzene rings is 2. The predicted octanol–water partition coefficient (Wildman–Crippen LogP) is 3.47. The average molecular weight is 280 g/mol. The van der Waals surface area contributed by atoms with Crippen molar-refractivity contribution in [1.82, 2.24) is 4.57 Å². The smallest absolute Gasteiger partial charge is 0.115 e. The van der Waals surface area contributed by atoms with E-state index in [2.05, 4.69) is 36.6 Å². The fraction of sp³-hybridized carbons (Fsp3) is 0.222. The molecule has 3 rings (SSSR count). The summed E-state index contributed by atoms with van der Waals surface area (Å²) in [6.45, 7) is 5.68. The number of fused-ring (bicyclic) bond motifs is 1. The Labute approximate surface area is 124 Å². The van der Waals surface area contributed by atoms with Gasteiger partial charge in [0, 0.05) is 29.7 Å². The normalized spacial score (nSPS) is 11.2. The lowest BCUT2D eigenvalue weighted by molar-refractivity contribution is 0.475. The van der Waals surface area contributed by atoms with Crippen molar-refractivity contribution in [3.63, 3.8) is 0 Å². The summed E-state index contributed by atoms with van der Waals surface area (Å²) in [4.78, 5) is 0. The SMILES string of the molecule is Cc1c(C)n(Cc2ccc(O)cc2)c2ccc(CN)cc12. The van der Waals surface area contributed by atoms with E-state index in [1.807, 2.05) is 12.1 Å². The van der Waals surface area contributed by atoms with Crippen molar-refractivity contribution in [2.45, 2.75) is 26.9 Å². The molecule has 0 radical (unpaired) electrons. The summed E-state index contributed by atoms with van der Waals surface area (Å²) in [5, 5.41) is 10.7. The fourth-order valence-electron chi connectivity index (χ4n) is 2.81. The van der Waals surface area contributed by atoms with Crippen molar-refractivity contribution in [2.24, 2.45) is 5.73 Å². The van der Waals surface area contributed by atoms with Gasteiger partial charge in [0.1, 0.15) is 5.75 Å². The minimum atomic E-state index is 0.302.